The van der Waals surface area contributed by atoms with Crippen LogP contribution in [0.5, 0.6) is 0 Å². The average Bonchev–Trinajstić information content (AvgIpc) is 3.04. The van der Waals surface area contributed by atoms with Gasteiger partial charge in [-0.15, -0.1) is 0 Å². The van der Waals surface area contributed by atoms with Crippen molar-refractivity contribution >= 4 is 23.4 Å². The highest BCUT2D eigenvalue weighted by molar-refractivity contribution is 5.89. The van der Waals surface area contributed by atoms with Crippen molar-refractivity contribution in [2.45, 2.75) is 52.0 Å². The van der Waals surface area contributed by atoms with Gasteiger partial charge in [0.15, 0.2) is 0 Å². The first-order chi connectivity index (χ1) is 15.6. The van der Waals surface area contributed by atoms with Crippen LogP contribution in [0.1, 0.15) is 38.3 Å². The molecule has 0 radical (unpaired) electrons. The minimum Gasteiger partial charge on any atom is -0.444 e. The van der Waals surface area contributed by atoms with E-state index in [1.807, 2.05) is 30.3 Å². The molecular weight excluding hydrogens is 433 g/mol. The maximum Gasteiger partial charge on any atom is 0.412 e. The highest BCUT2D eigenvalue weighted by atomic mass is 19.1. The third-order valence-corrected chi connectivity index (χ3v) is 5.37. The minimum atomic E-state index is -1.04. The first-order valence-corrected chi connectivity index (χ1v) is 10.5. The van der Waals surface area contributed by atoms with Gasteiger partial charge in [-0.25, -0.2) is 4.79 Å². The normalized spacial score (nSPS) is 17.0. The van der Waals surface area contributed by atoms with Gasteiger partial charge in [-0.05, 0) is 38.3 Å². The smallest absolute Gasteiger partial charge is 0.412 e. The quantitative estimate of drug-likeness (QED) is 0.485. The third-order valence-electron chi connectivity index (χ3n) is 5.37. The maximum absolute atomic E-state index is 14.4. The number of carbonyl (C=O) groups is 2. The van der Waals surface area contributed by atoms with E-state index in [-0.39, 0.29) is 37.3 Å². The Bertz CT molecular complexity index is 1040. The molecule has 1 atom stereocenters. The lowest BCUT2D eigenvalue weighted by molar-refractivity contribution is -0.388. The third kappa shape index (κ3) is 5.83. The number of nitro groups is 1. The summed E-state index contributed by atoms with van der Waals surface area (Å²) < 4.78 is 25.6. The van der Waals surface area contributed by atoms with E-state index in [9.17, 15) is 24.1 Å². The molecule has 33 heavy (non-hydrogen) atoms. The second-order valence-electron chi connectivity index (χ2n) is 8.26. The molecule has 2 aromatic rings. The number of aryl methyl sites for hydroxylation is 1. The molecule has 2 amide bonds. The van der Waals surface area contributed by atoms with Gasteiger partial charge in [0.1, 0.15) is 12.3 Å². The molecule has 0 unspecified atom stereocenters. The van der Waals surface area contributed by atoms with E-state index < -0.39 is 40.2 Å². The minimum absolute atomic E-state index is 0.0905. The Hall–Kier alpha value is -3.53. The lowest BCUT2D eigenvalue weighted by Crippen LogP contribution is -2.48. The van der Waals surface area contributed by atoms with Crippen molar-refractivity contribution in [2.75, 3.05) is 11.9 Å². The largest absolute Gasteiger partial charge is 0.444 e. The molecule has 0 aliphatic carbocycles. The van der Waals surface area contributed by atoms with E-state index in [1.165, 1.54) is 17.9 Å². The van der Waals surface area contributed by atoms with Crippen LogP contribution in [0, 0.1) is 15.9 Å². The van der Waals surface area contributed by atoms with Gasteiger partial charge >= 0.3 is 11.8 Å². The van der Waals surface area contributed by atoms with Crippen molar-refractivity contribution < 1.29 is 28.4 Å². The second kappa shape index (κ2) is 9.95. The van der Waals surface area contributed by atoms with Crippen LogP contribution in [-0.4, -0.2) is 40.2 Å². The number of carbonyl (C=O) groups excluding carboxylic acids is 2. The summed E-state index contributed by atoms with van der Waals surface area (Å²) in [6, 6.07) is 11.1. The monoisotopic (exact) mass is 459 g/mol. The van der Waals surface area contributed by atoms with Crippen LogP contribution in [0.2, 0.25) is 0 Å². The lowest BCUT2D eigenvalue weighted by atomic mass is 10.0. The molecule has 1 aliphatic heterocycles. The van der Waals surface area contributed by atoms with Gasteiger partial charge in [0, 0.05) is 24.2 Å². The summed E-state index contributed by atoms with van der Waals surface area (Å²) in [6.07, 6.45) is -0.208. The van der Waals surface area contributed by atoms with Gasteiger partial charge in [-0.3, -0.25) is 19.8 Å². The van der Waals surface area contributed by atoms with Crippen LogP contribution in [0.15, 0.2) is 42.5 Å². The molecule has 1 saturated heterocycles. The molecule has 2 aromatic carbocycles. The molecule has 9 nitrogen and oxygen atoms in total. The molecule has 0 bridgehead atoms. The Kier molecular flexibility index (Phi) is 7.27. The Morgan fingerprint density at radius 3 is 2.64 bits per heavy atom. The summed E-state index contributed by atoms with van der Waals surface area (Å²) in [5.41, 5.74) is -0.510. The summed E-state index contributed by atoms with van der Waals surface area (Å²) in [5, 5.41) is 13.9. The summed E-state index contributed by atoms with van der Waals surface area (Å²) in [5.74, 6) is -1.46. The van der Waals surface area contributed by atoms with Crippen LogP contribution < -0.4 is 5.32 Å². The zero-order valence-electron chi connectivity index (χ0n) is 18.7. The van der Waals surface area contributed by atoms with Crippen LogP contribution in [0.25, 0.3) is 0 Å². The first-order valence-electron chi connectivity index (χ1n) is 10.5. The van der Waals surface area contributed by atoms with Crippen molar-refractivity contribution in [3.05, 3.63) is 69.5 Å². The average molecular weight is 459 g/mol. The molecule has 1 aliphatic rings. The van der Waals surface area contributed by atoms with Gasteiger partial charge in [0.05, 0.1) is 17.6 Å². The van der Waals surface area contributed by atoms with Crippen LogP contribution in [0.3, 0.4) is 0 Å². The zero-order valence-corrected chi connectivity index (χ0v) is 18.7. The van der Waals surface area contributed by atoms with Crippen molar-refractivity contribution in [1.82, 2.24) is 4.90 Å². The van der Waals surface area contributed by atoms with Gasteiger partial charge in [-0.2, -0.15) is 4.39 Å². The van der Waals surface area contributed by atoms with Crippen LogP contribution in [0.4, 0.5) is 20.6 Å². The number of ether oxygens (including phenoxy) is 2. The Balaban J connectivity index is 1.76. The molecule has 0 aromatic heterocycles. The van der Waals surface area contributed by atoms with Gasteiger partial charge in [0.25, 0.3) is 0 Å². The topological polar surface area (TPSA) is 111 Å². The number of nitro benzene ring substituents is 1. The van der Waals surface area contributed by atoms with E-state index in [0.29, 0.717) is 0 Å². The van der Waals surface area contributed by atoms with Gasteiger partial charge in [-0.1, -0.05) is 30.3 Å². The number of nitrogens with zero attached hydrogens (tertiary/aromatic N) is 2. The Labute approximate surface area is 190 Å². The summed E-state index contributed by atoms with van der Waals surface area (Å²) in [4.78, 5) is 36.3. The number of hydrogen-bond donors (Lipinski definition) is 1. The predicted molar refractivity (Wildman–Crippen MR) is 118 cm³/mol. The summed E-state index contributed by atoms with van der Waals surface area (Å²) >= 11 is 0. The fraction of sp³-hybridized carbons (Fsp3) is 0.391. The number of rotatable bonds is 7. The Morgan fingerprint density at radius 1 is 1.30 bits per heavy atom. The first kappa shape index (κ1) is 24.1. The molecule has 3 rings (SSSR count). The van der Waals surface area contributed by atoms with E-state index >= 15 is 0 Å². The zero-order chi connectivity index (χ0) is 24.2. The van der Waals surface area contributed by atoms with Crippen molar-refractivity contribution in [3.8, 4) is 0 Å². The standard InChI is InChI=1S/C23H26FN3O6/c1-15(28)25-18-11-17(21(27(30)31)20(24)12-18)9-10-19-14-33-23(2,3)26(19)22(29)32-13-16-7-5-4-6-8-16/h4-8,11-12,19H,9-10,13-14H2,1-3H3,(H,25,28)/t19-/m0/s1. The summed E-state index contributed by atoms with van der Waals surface area (Å²) in [6.45, 7) is 5.02. The highest BCUT2D eigenvalue weighted by Crippen LogP contribution is 2.33. The summed E-state index contributed by atoms with van der Waals surface area (Å²) in [7, 11) is 0. The number of amides is 2. The number of halogens is 1. The van der Waals surface area contributed by atoms with Crippen molar-refractivity contribution in [1.29, 1.82) is 0 Å². The fourth-order valence-corrected chi connectivity index (χ4v) is 3.90. The maximum atomic E-state index is 14.4. The number of benzene rings is 2. The SMILES string of the molecule is CC(=O)Nc1cc(F)c([N+](=O)[O-])c(CC[C@H]2COC(C)(C)N2C(=O)OCc2ccccc2)c1. The molecule has 176 valence electrons. The number of anilines is 1. The van der Waals surface area contributed by atoms with Crippen LogP contribution in [-0.2, 0) is 27.3 Å². The molecule has 0 saturated carbocycles. The van der Waals surface area contributed by atoms with E-state index in [0.717, 1.165) is 11.6 Å². The second-order valence-corrected chi connectivity index (χ2v) is 8.26. The fourth-order valence-electron chi connectivity index (χ4n) is 3.90. The van der Waals surface area contributed by atoms with Gasteiger partial charge in [0.2, 0.25) is 11.7 Å². The number of nitrogens with one attached hydrogen (secondary N) is 1. The molecule has 1 heterocycles. The molecule has 0 spiro atoms. The van der Waals surface area contributed by atoms with Crippen LogP contribution >= 0.6 is 0 Å². The Morgan fingerprint density at radius 2 is 2.00 bits per heavy atom. The molecule has 1 N–H and O–H groups in total. The highest BCUT2D eigenvalue weighted by Gasteiger charge is 2.44. The van der Waals surface area contributed by atoms with Gasteiger partial charge < -0.3 is 14.8 Å². The number of hydrogen-bond acceptors (Lipinski definition) is 6. The van der Waals surface area contributed by atoms with E-state index in [2.05, 4.69) is 5.32 Å². The van der Waals surface area contributed by atoms with Crippen molar-refractivity contribution in [2.24, 2.45) is 0 Å². The molecule has 1 fully saturated rings. The lowest BCUT2D eigenvalue weighted by Gasteiger charge is -2.32. The predicted octanol–water partition coefficient (Wildman–Crippen LogP) is 4.40. The molecular formula is C23H26FN3O6. The molecule has 10 heteroatoms. The van der Waals surface area contributed by atoms with E-state index in [4.69, 9.17) is 9.47 Å². The van der Waals surface area contributed by atoms with E-state index in [1.54, 1.807) is 13.8 Å². The van der Waals surface area contributed by atoms with Crippen molar-refractivity contribution in [3.63, 3.8) is 0 Å².